The van der Waals surface area contributed by atoms with Crippen LogP contribution in [-0.4, -0.2) is 0 Å². The van der Waals surface area contributed by atoms with Gasteiger partial charge in [0.25, 0.3) is 0 Å². The summed E-state index contributed by atoms with van der Waals surface area (Å²) in [6.45, 7) is 5.90. The zero-order valence-corrected chi connectivity index (χ0v) is 6.71. The van der Waals surface area contributed by atoms with Crippen LogP contribution in [0.15, 0.2) is 23.1 Å². The first kappa shape index (κ1) is 6.71. The molecule has 1 aliphatic rings. The largest absolute Gasteiger partial charge is 0.461 e. The van der Waals surface area contributed by atoms with Gasteiger partial charge in [0, 0.05) is 5.92 Å². The second-order valence-electron chi connectivity index (χ2n) is 3.26. The summed E-state index contributed by atoms with van der Waals surface area (Å²) in [4.78, 5) is 0. The maximum absolute atomic E-state index is 5.51. The van der Waals surface area contributed by atoms with E-state index in [9.17, 15) is 0 Å². The summed E-state index contributed by atoms with van der Waals surface area (Å²) in [5, 5.41) is 0. The highest BCUT2D eigenvalue weighted by atomic mass is 16.3. The van der Waals surface area contributed by atoms with E-state index in [4.69, 9.17) is 4.42 Å². The van der Waals surface area contributed by atoms with E-state index in [-0.39, 0.29) is 0 Å². The molecule has 11 heavy (non-hydrogen) atoms. The van der Waals surface area contributed by atoms with Gasteiger partial charge in [0.15, 0.2) is 0 Å². The molecule has 0 N–H and O–H groups in total. The molecule has 2 atom stereocenters. The standard InChI is InChI=1S/C10H12O/c1-3-8-4-5-10(11-8)9-6-7(9)2/h3-5,7,9H,1,6H2,2H3/t7-,9+/m1/s1. The third-order valence-corrected chi connectivity index (χ3v) is 2.32. The van der Waals surface area contributed by atoms with E-state index in [1.165, 1.54) is 6.42 Å². The predicted molar refractivity (Wildman–Crippen MR) is 45.3 cm³/mol. The molecule has 1 aromatic rings. The SMILES string of the molecule is C=Cc1ccc([C@H]2C[C@H]2C)o1. The van der Waals surface area contributed by atoms with Gasteiger partial charge in [-0.3, -0.25) is 0 Å². The fourth-order valence-corrected chi connectivity index (χ4v) is 1.40. The van der Waals surface area contributed by atoms with Crippen LogP contribution >= 0.6 is 0 Å². The second-order valence-corrected chi connectivity index (χ2v) is 3.26. The Morgan fingerprint density at radius 2 is 2.36 bits per heavy atom. The molecule has 1 aliphatic carbocycles. The smallest absolute Gasteiger partial charge is 0.126 e. The van der Waals surface area contributed by atoms with Crippen LogP contribution in [0.1, 0.15) is 30.8 Å². The van der Waals surface area contributed by atoms with E-state index >= 15 is 0 Å². The van der Waals surface area contributed by atoms with E-state index < -0.39 is 0 Å². The maximum Gasteiger partial charge on any atom is 0.126 e. The molecule has 58 valence electrons. The first-order valence-corrected chi connectivity index (χ1v) is 4.03. The van der Waals surface area contributed by atoms with E-state index in [0.29, 0.717) is 5.92 Å². The van der Waals surface area contributed by atoms with E-state index in [0.717, 1.165) is 17.4 Å². The van der Waals surface area contributed by atoms with Gasteiger partial charge in [0.05, 0.1) is 0 Å². The van der Waals surface area contributed by atoms with Gasteiger partial charge < -0.3 is 4.42 Å². The molecule has 1 fully saturated rings. The Hall–Kier alpha value is -0.980. The maximum atomic E-state index is 5.51. The summed E-state index contributed by atoms with van der Waals surface area (Å²) in [5.41, 5.74) is 0. The van der Waals surface area contributed by atoms with Crippen LogP contribution in [0.25, 0.3) is 6.08 Å². The van der Waals surface area contributed by atoms with Gasteiger partial charge in [-0.2, -0.15) is 0 Å². The highest BCUT2D eigenvalue weighted by Gasteiger charge is 2.36. The lowest BCUT2D eigenvalue weighted by Gasteiger charge is -1.88. The minimum Gasteiger partial charge on any atom is -0.461 e. The van der Waals surface area contributed by atoms with Crippen molar-refractivity contribution in [3.63, 3.8) is 0 Å². The van der Waals surface area contributed by atoms with Gasteiger partial charge in [0.2, 0.25) is 0 Å². The topological polar surface area (TPSA) is 13.1 Å². The normalized spacial score (nSPS) is 28.5. The zero-order valence-electron chi connectivity index (χ0n) is 6.71. The molecule has 1 nitrogen and oxygen atoms in total. The first-order chi connectivity index (χ1) is 5.31. The van der Waals surface area contributed by atoms with E-state index in [1.807, 2.05) is 6.07 Å². The Morgan fingerprint density at radius 3 is 2.82 bits per heavy atom. The Morgan fingerprint density at radius 1 is 1.64 bits per heavy atom. The van der Waals surface area contributed by atoms with Crippen LogP contribution in [0.3, 0.4) is 0 Å². The molecular weight excluding hydrogens is 136 g/mol. The third kappa shape index (κ3) is 1.11. The summed E-state index contributed by atoms with van der Waals surface area (Å²) < 4.78 is 5.51. The highest BCUT2D eigenvalue weighted by molar-refractivity contribution is 5.40. The molecule has 0 aliphatic heterocycles. The number of rotatable bonds is 2. The van der Waals surface area contributed by atoms with Gasteiger partial charge in [-0.15, -0.1) is 0 Å². The fraction of sp³-hybridized carbons (Fsp3) is 0.400. The van der Waals surface area contributed by atoms with Crippen molar-refractivity contribution < 1.29 is 4.42 Å². The average molecular weight is 148 g/mol. The molecule has 0 bridgehead atoms. The Kier molecular flexibility index (Phi) is 1.38. The second kappa shape index (κ2) is 2.26. The van der Waals surface area contributed by atoms with Gasteiger partial charge in [-0.05, 0) is 30.5 Å². The molecule has 1 heterocycles. The predicted octanol–water partition coefficient (Wildman–Crippen LogP) is 3.05. The molecule has 0 radical (unpaired) electrons. The lowest BCUT2D eigenvalue weighted by molar-refractivity contribution is 0.498. The summed E-state index contributed by atoms with van der Waals surface area (Å²) in [6, 6.07) is 4.04. The molecule has 0 unspecified atom stereocenters. The molecule has 0 spiro atoms. The van der Waals surface area contributed by atoms with Crippen LogP contribution in [0.4, 0.5) is 0 Å². The van der Waals surface area contributed by atoms with Crippen molar-refractivity contribution >= 4 is 6.08 Å². The summed E-state index contributed by atoms with van der Waals surface area (Å²) in [6.07, 6.45) is 3.03. The highest BCUT2D eigenvalue weighted by Crippen LogP contribution is 2.47. The van der Waals surface area contributed by atoms with Crippen molar-refractivity contribution in [1.29, 1.82) is 0 Å². The van der Waals surface area contributed by atoms with Crippen molar-refractivity contribution in [2.24, 2.45) is 5.92 Å². The molecule has 1 saturated carbocycles. The van der Waals surface area contributed by atoms with Crippen molar-refractivity contribution in [3.8, 4) is 0 Å². The monoisotopic (exact) mass is 148 g/mol. The Bertz CT molecular complexity index is 272. The van der Waals surface area contributed by atoms with Crippen molar-refractivity contribution in [3.05, 3.63) is 30.2 Å². The molecular formula is C10H12O. The van der Waals surface area contributed by atoms with Gasteiger partial charge in [0.1, 0.15) is 11.5 Å². The third-order valence-electron chi connectivity index (χ3n) is 2.32. The van der Waals surface area contributed by atoms with Crippen LogP contribution in [0.5, 0.6) is 0 Å². The molecule has 1 heteroatoms. The molecule has 0 aromatic carbocycles. The lowest BCUT2D eigenvalue weighted by Crippen LogP contribution is -1.73. The Balaban J connectivity index is 2.19. The zero-order chi connectivity index (χ0) is 7.84. The fourth-order valence-electron chi connectivity index (χ4n) is 1.40. The first-order valence-electron chi connectivity index (χ1n) is 4.03. The van der Waals surface area contributed by atoms with E-state index in [2.05, 4.69) is 19.6 Å². The lowest BCUT2D eigenvalue weighted by atomic mass is 10.3. The number of hydrogen-bond acceptors (Lipinski definition) is 1. The van der Waals surface area contributed by atoms with Crippen LogP contribution < -0.4 is 0 Å². The van der Waals surface area contributed by atoms with Crippen LogP contribution in [-0.2, 0) is 0 Å². The Labute approximate surface area is 66.7 Å². The van der Waals surface area contributed by atoms with Gasteiger partial charge >= 0.3 is 0 Å². The minimum atomic E-state index is 0.684. The molecule has 0 saturated heterocycles. The summed E-state index contributed by atoms with van der Waals surface area (Å²) in [5.74, 6) is 3.52. The van der Waals surface area contributed by atoms with Crippen LogP contribution in [0, 0.1) is 5.92 Å². The van der Waals surface area contributed by atoms with Crippen molar-refractivity contribution in [2.45, 2.75) is 19.3 Å². The number of hydrogen-bond donors (Lipinski definition) is 0. The quantitative estimate of drug-likeness (QED) is 0.628. The average Bonchev–Trinajstić information content (AvgIpc) is 2.59. The minimum absolute atomic E-state index is 0.684. The molecule has 0 amide bonds. The van der Waals surface area contributed by atoms with Gasteiger partial charge in [-0.25, -0.2) is 0 Å². The summed E-state index contributed by atoms with van der Waals surface area (Å²) >= 11 is 0. The van der Waals surface area contributed by atoms with Crippen molar-refractivity contribution in [1.82, 2.24) is 0 Å². The molecule has 1 aromatic heterocycles. The van der Waals surface area contributed by atoms with E-state index in [1.54, 1.807) is 6.08 Å². The van der Waals surface area contributed by atoms with Gasteiger partial charge in [-0.1, -0.05) is 13.5 Å². The number of furan rings is 1. The van der Waals surface area contributed by atoms with Crippen molar-refractivity contribution in [2.75, 3.05) is 0 Å². The molecule has 2 rings (SSSR count). The van der Waals surface area contributed by atoms with Crippen LogP contribution in [0.2, 0.25) is 0 Å². The summed E-state index contributed by atoms with van der Waals surface area (Å²) in [7, 11) is 0.